The van der Waals surface area contributed by atoms with Gasteiger partial charge in [0, 0.05) is 0 Å². The first kappa shape index (κ1) is 9.98. The van der Waals surface area contributed by atoms with E-state index >= 15 is 0 Å². The van der Waals surface area contributed by atoms with E-state index in [-0.39, 0.29) is 12.3 Å². The van der Waals surface area contributed by atoms with Gasteiger partial charge in [0.25, 0.3) is 0 Å². The molecule has 0 aliphatic rings. The number of nitrogens with zero attached hydrogens (tertiary/aromatic N) is 2. The van der Waals surface area contributed by atoms with Gasteiger partial charge < -0.3 is 5.11 Å². The molecule has 2 N–H and O–H groups in total. The second kappa shape index (κ2) is 3.74. The van der Waals surface area contributed by atoms with Gasteiger partial charge in [-0.3, -0.25) is 4.57 Å². The Morgan fingerprint density at radius 1 is 1.62 bits per heavy atom. The minimum atomic E-state index is -0.496. The summed E-state index contributed by atoms with van der Waals surface area (Å²) in [5.74, 6) is 0. The molecule has 0 unspecified atom stereocenters. The molecule has 1 rings (SSSR count). The van der Waals surface area contributed by atoms with Gasteiger partial charge in [0.1, 0.15) is 6.33 Å². The lowest BCUT2D eigenvalue weighted by Gasteiger charge is -2.29. The molecule has 1 aromatic heterocycles. The number of aromatic nitrogens is 3. The van der Waals surface area contributed by atoms with E-state index in [4.69, 9.17) is 0 Å². The number of nitrogens with one attached hydrogen (secondary N) is 1. The summed E-state index contributed by atoms with van der Waals surface area (Å²) >= 11 is 0. The second-order valence-electron chi connectivity index (χ2n) is 3.12. The first-order valence-electron chi connectivity index (χ1n) is 4.43. The molecule has 0 radical (unpaired) electrons. The van der Waals surface area contributed by atoms with E-state index in [9.17, 15) is 9.90 Å². The molecule has 1 aromatic rings. The summed E-state index contributed by atoms with van der Waals surface area (Å²) in [6.45, 7) is 3.84. The van der Waals surface area contributed by atoms with E-state index in [1.54, 1.807) is 0 Å². The molecule has 74 valence electrons. The summed E-state index contributed by atoms with van der Waals surface area (Å²) in [5, 5.41) is 15.2. The lowest BCUT2D eigenvalue weighted by atomic mass is 9.94. The molecular weight excluding hydrogens is 170 g/mol. The van der Waals surface area contributed by atoms with Crippen molar-refractivity contribution in [2.24, 2.45) is 0 Å². The maximum atomic E-state index is 11.3. The Morgan fingerprint density at radius 2 is 2.23 bits per heavy atom. The van der Waals surface area contributed by atoms with Gasteiger partial charge >= 0.3 is 5.69 Å². The molecule has 5 heteroatoms. The summed E-state index contributed by atoms with van der Waals surface area (Å²) in [6, 6.07) is 0. The highest BCUT2D eigenvalue weighted by Gasteiger charge is 2.28. The molecule has 0 spiro atoms. The summed E-state index contributed by atoms with van der Waals surface area (Å²) in [6.07, 6.45) is 2.85. The Bertz CT molecular complexity index is 303. The van der Waals surface area contributed by atoms with Crippen molar-refractivity contribution in [2.45, 2.75) is 32.2 Å². The van der Waals surface area contributed by atoms with Crippen LogP contribution in [0.2, 0.25) is 0 Å². The standard InChI is InChI=1S/C8H15N3O2/c1-3-8(4-2,5-12)11-6-9-10-7(11)13/h6,12H,3-5H2,1-2H3,(H,10,13). The van der Waals surface area contributed by atoms with Gasteiger partial charge in [-0.2, -0.15) is 5.10 Å². The van der Waals surface area contributed by atoms with E-state index in [2.05, 4.69) is 10.2 Å². The summed E-state index contributed by atoms with van der Waals surface area (Å²) in [4.78, 5) is 11.3. The fourth-order valence-corrected chi connectivity index (χ4v) is 1.48. The Kier molecular flexibility index (Phi) is 2.87. The zero-order chi connectivity index (χ0) is 9.90. The average Bonchev–Trinajstić information content (AvgIpc) is 2.57. The monoisotopic (exact) mass is 185 g/mol. The number of H-pyrrole nitrogens is 1. The van der Waals surface area contributed by atoms with Crippen LogP contribution in [-0.4, -0.2) is 26.5 Å². The van der Waals surface area contributed by atoms with E-state index in [1.165, 1.54) is 10.9 Å². The molecule has 0 atom stereocenters. The third-order valence-electron chi connectivity index (χ3n) is 2.67. The number of aliphatic hydroxyl groups excluding tert-OH is 1. The first-order valence-corrected chi connectivity index (χ1v) is 4.43. The van der Waals surface area contributed by atoms with Crippen LogP contribution in [0.5, 0.6) is 0 Å². The van der Waals surface area contributed by atoms with E-state index in [1.807, 2.05) is 13.8 Å². The summed E-state index contributed by atoms with van der Waals surface area (Å²) in [5.41, 5.74) is -0.762. The summed E-state index contributed by atoms with van der Waals surface area (Å²) in [7, 11) is 0. The minimum absolute atomic E-state index is 0.0422. The topological polar surface area (TPSA) is 70.9 Å². The molecule has 0 bridgehead atoms. The van der Waals surface area contributed by atoms with Gasteiger partial charge in [-0.05, 0) is 12.8 Å². The van der Waals surface area contributed by atoms with Gasteiger partial charge in [0.2, 0.25) is 0 Å². The molecule has 0 fully saturated rings. The van der Waals surface area contributed by atoms with Crippen molar-refractivity contribution < 1.29 is 5.11 Å². The molecule has 0 saturated carbocycles. The molecule has 0 saturated heterocycles. The van der Waals surface area contributed by atoms with Crippen molar-refractivity contribution in [3.05, 3.63) is 16.8 Å². The van der Waals surface area contributed by atoms with Crippen LogP contribution >= 0.6 is 0 Å². The SMILES string of the molecule is CCC(CC)(CO)n1cn[nH]c1=O. The molecule has 1 heterocycles. The van der Waals surface area contributed by atoms with Gasteiger partial charge in [0.15, 0.2) is 0 Å². The second-order valence-corrected chi connectivity index (χ2v) is 3.12. The molecule has 13 heavy (non-hydrogen) atoms. The minimum Gasteiger partial charge on any atom is -0.394 e. The van der Waals surface area contributed by atoms with Crippen molar-refractivity contribution in [3.8, 4) is 0 Å². The van der Waals surface area contributed by atoms with Crippen molar-refractivity contribution in [1.82, 2.24) is 14.8 Å². The largest absolute Gasteiger partial charge is 0.394 e. The van der Waals surface area contributed by atoms with Crippen LogP contribution in [0.3, 0.4) is 0 Å². The van der Waals surface area contributed by atoms with Crippen LogP contribution in [0, 0.1) is 0 Å². The van der Waals surface area contributed by atoms with Crippen molar-refractivity contribution >= 4 is 0 Å². The lowest BCUT2D eigenvalue weighted by Crippen LogP contribution is -2.41. The number of aliphatic hydroxyl groups is 1. The van der Waals surface area contributed by atoms with E-state index in [0.717, 1.165) is 0 Å². The fraction of sp³-hybridized carbons (Fsp3) is 0.750. The van der Waals surface area contributed by atoms with Gasteiger partial charge in [-0.25, -0.2) is 9.89 Å². The first-order chi connectivity index (χ1) is 6.20. The molecular formula is C8H15N3O2. The Labute approximate surface area is 76.4 Å². The number of hydrogen-bond acceptors (Lipinski definition) is 3. The van der Waals surface area contributed by atoms with Crippen LogP contribution in [-0.2, 0) is 5.54 Å². The number of rotatable bonds is 4. The van der Waals surface area contributed by atoms with Crippen LogP contribution < -0.4 is 5.69 Å². The molecule has 0 amide bonds. The predicted octanol–water partition coefficient (Wildman–Crippen LogP) is 0.0790. The van der Waals surface area contributed by atoms with Gasteiger partial charge in [0.05, 0.1) is 12.1 Å². The zero-order valence-corrected chi connectivity index (χ0v) is 7.95. The van der Waals surface area contributed by atoms with Gasteiger partial charge in [-0.1, -0.05) is 13.8 Å². The zero-order valence-electron chi connectivity index (χ0n) is 7.95. The maximum Gasteiger partial charge on any atom is 0.343 e. The summed E-state index contributed by atoms with van der Waals surface area (Å²) < 4.78 is 1.47. The third-order valence-corrected chi connectivity index (χ3v) is 2.67. The molecule has 0 aromatic carbocycles. The normalized spacial score (nSPS) is 11.9. The predicted molar refractivity (Wildman–Crippen MR) is 48.5 cm³/mol. The smallest absolute Gasteiger partial charge is 0.343 e. The van der Waals surface area contributed by atoms with Crippen LogP contribution in [0.1, 0.15) is 26.7 Å². The van der Waals surface area contributed by atoms with Crippen molar-refractivity contribution in [2.75, 3.05) is 6.61 Å². The molecule has 0 aliphatic carbocycles. The molecule has 5 nitrogen and oxygen atoms in total. The lowest BCUT2D eigenvalue weighted by molar-refractivity contribution is 0.118. The quantitative estimate of drug-likeness (QED) is 0.697. The van der Waals surface area contributed by atoms with Crippen molar-refractivity contribution in [1.29, 1.82) is 0 Å². The van der Waals surface area contributed by atoms with E-state index in [0.29, 0.717) is 12.8 Å². The third kappa shape index (κ3) is 1.51. The fourth-order valence-electron chi connectivity index (χ4n) is 1.48. The Morgan fingerprint density at radius 3 is 2.54 bits per heavy atom. The van der Waals surface area contributed by atoms with E-state index < -0.39 is 5.54 Å². The highest BCUT2D eigenvalue weighted by atomic mass is 16.3. The Balaban J connectivity index is 3.15. The molecule has 0 aliphatic heterocycles. The Hall–Kier alpha value is -1.10. The highest BCUT2D eigenvalue weighted by Crippen LogP contribution is 2.21. The van der Waals surface area contributed by atoms with Crippen LogP contribution in [0.4, 0.5) is 0 Å². The van der Waals surface area contributed by atoms with Crippen LogP contribution in [0.25, 0.3) is 0 Å². The average molecular weight is 185 g/mol. The van der Waals surface area contributed by atoms with Crippen LogP contribution in [0.15, 0.2) is 11.1 Å². The van der Waals surface area contributed by atoms with Gasteiger partial charge in [-0.15, -0.1) is 0 Å². The highest BCUT2D eigenvalue weighted by molar-refractivity contribution is 4.86. The number of aromatic amines is 1. The van der Waals surface area contributed by atoms with Crippen molar-refractivity contribution in [3.63, 3.8) is 0 Å². The maximum absolute atomic E-state index is 11.3. The number of hydrogen-bond donors (Lipinski definition) is 2.